The van der Waals surface area contributed by atoms with Crippen LogP contribution in [-0.2, 0) is 9.84 Å². The van der Waals surface area contributed by atoms with Crippen molar-refractivity contribution in [3.8, 4) is 5.69 Å². The summed E-state index contributed by atoms with van der Waals surface area (Å²) in [5.41, 5.74) is 0.386. The van der Waals surface area contributed by atoms with Crippen molar-refractivity contribution in [2.75, 3.05) is 24.7 Å². The van der Waals surface area contributed by atoms with E-state index in [2.05, 4.69) is 20.4 Å². The molecule has 0 aliphatic carbocycles. The van der Waals surface area contributed by atoms with E-state index in [-0.39, 0.29) is 16.6 Å². The Morgan fingerprint density at radius 2 is 2.14 bits per heavy atom. The number of carboxylic acid groups (broad SMARTS) is 1. The average molecular weight is 420 g/mol. The number of sulfone groups is 1. The molecule has 12 heteroatoms. The largest absolute Gasteiger partial charge is 0.465 e. The number of hydrogen-bond donors (Lipinski definition) is 2. The summed E-state index contributed by atoms with van der Waals surface area (Å²) in [7, 11) is -3.54. The molecule has 1 unspecified atom stereocenters. The normalized spacial score (nSPS) is 17.0. The number of amides is 1. The fraction of sp³-hybridized carbons (Fsp3) is 0.294. The van der Waals surface area contributed by atoms with Gasteiger partial charge in [-0.25, -0.2) is 32.3 Å². The van der Waals surface area contributed by atoms with Gasteiger partial charge in [-0.1, -0.05) is 0 Å². The molecule has 1 atom stereocenters. The molecule has 1 aromatic carbocycles. The molecule has 0 saturated carbocycles. The molecule has 3 aromatic rings. The van der Waals surface area contributed by atoms with Crippen LogP contribution in [0.5, 0.6) is 0 Å². The van der Waals surface area contributed by atoms with Crippen LogP contribution < -0.4 is 5.32 Å². The Morgan fingerprint density at radius 1 is 1.34 bits per heavy atom. The highest BCUT2D eigenvalue weighted by atomic mass is 32.2. The fourth-order valence-corrected chi connectivity index (χ4v) is 3.90. The van der Waals surface area contributed by atoms with Gasteiger partial charge in [-0.3, -0.25) is 0 Å². The lowest BCUT2D eigenvalue weighted by atomic mass is 10.2. The molecule has 1 aliphatic rings. The highest BCUT2D eigenvalue weighted by Crippen LogP contribution is 2.26. The molecule has 1 amide bonds. The number of rotatable bonds is 4. The van der Waals surface area contributed by atoms with Crippen LogP contribution in [0.15, 0.2) is 35.6 Å². The molecule has 1 fully saturated rings. The predicted molar refractivity (Wildman–Crippen MR) is 101 cm³/mol. The standard InChI is InChI=1S/C17H17FN6O4S/c1-29(27,28)11-2-3-14(13(18)6-11)24-16-12(7-21-24)15(19-9-20-16)22-10-4-5-23(8-10)17(25)26/h2-3,6-7,9-10H,4-5,8H2,1H3,(H,25,26)(H,19,20,22). The van der Waals surface area contributed by atoms with Gasteiger partial charge in [0.15, 0.2) is 15.5 Å². The number of nitrogens with one attached hydrogen (secondary N) is 1. The Kier molecular flexibility index (Phi) is 4.57. The molecule has 0 bridgehead atoms. The van der Waals surface area contributed by atoms with Crippen LogP contribution in [0, 0.1) is 5.82 Å². The third kappa shape index (κ3) is 3.58. The van der Waals surface area contributed by atoms with Crippen molar-refractivity contribution in [2.24, 2.45) is 0 Å². The smallest absolute Gasteiger partial charge is 0.407 e. The molecular weight excluding hydrogens is 403 g/mol. The maximum absolute atomic E-state index is 14.6. The van der Waals surface area contributed by atoms with Crippen molar-refractivity contribution in [2.45, 2.75) is 17.4 Å². The highest BCUT2D eigenvalue weighted by Gasteiger charge is 2.27. The van der Waals surface area contributed by atoms with E-state index in [1.807, 2.05) is 0 Å². The number of hydrogen-bond acceptors (Lipinski definition) is 7. The van der Waals surface area contributed by atoms with Gasteiger partial charge < -0.3 is 15.3 Å². The van der Waals surface area contributed by atoms with E-state index in [0.717, 1.165) is 12.3 Å². The van der Waals surface area contributed by atoms with Crippen LogP contribution in [0.25, 0.3) is 16.7 Å². The zero-order chi connectivity index (χ0) is 20.8. The molecule has 29 heavy (non-hydrogen) atoms. The van der Waals surface area contributed by atoms with Crippen molar-refractivity contribution in [1.82, 2.24) is 24.6 Å². The molecule has 0 radical (unpaired) electrons. The molecule has 1 aliphatic heterocycles. The summed E-state index contributed by atoms with van der Waals surface area (Å²) in [5.74, 6) is -0.286. The summed E-state index contributed by atoms with van der Waals surface area (Å²) < 4.78 is 39.1. The van der Waals surface area contributed by atoms with E-state index >= 15 is 0 Å². The van der Waals surface area contributed by atoms with Gasteiger partial charge in [0.05, 0.1) is 16.5 Å². The van der Waals surface area contributed by atoms with Gasteiger partial charge in [-0.15, -0.1) is 0 Å². The van der Waals surface area contributed by atoms with E-state index in [9.17, 15) is 17.6 Å². The topological polar surface area (TPSA) is 130 Å². The van der Waals surface area contributed by atoms with Crippen molar-refractivity contribution in [1.29, 1.82) is 0 Å². The second-order valence-corrected chi connectivity index (χ2v) is 8.78. The van der Waals surface area contributed by atoms with Crippen LogP contribution in [0.2, 0.25) is 0 Å². The Morgan fingerprint density at radius 3 is 2.79 bits per heavy atom. The van der Waals surface area contributed by atoms with Gasteiger partial charge in [0.25, 0.3) is 0 Å². The molecule has 2 N–H and O–H groups in total. The van der Waals surface area contributed by atoms with Crippen LogP contribution in [-0.4, -0.2) is 69.7 Å². The SMILES string of the molecule is CS(=O)(=O)c1ccc(-n2ncc3c(NC4CCN(C(=O)O)C4)ncnc32)c(F)c1. The van der Waals surface area contributed by atoms with E-state index < -0.39 is 21.7 Å². The maximum Gasteiger partial charge on any atom is 0.407 e. The van der Waals surface area contributed by atoms with Crippen molar-refractivity contribution < 1.29 is 22.7 Å². The molecule has 4 rings (SSSR count). The number of likely N-dealkylation sites (tertiary alicyclic amines) is 1. The lowest BCUT2D eigenvalue weighted by Gasteiger charge is -2.14. The second kappa shape index (κ2) is 6.95. The lowest BCUT2D eigenvalue weighted by molar-refractivity contribution is 0.155. The second-order valence-electron chi connectivity index (χ2n) is 6.76. The minimum Gasteiger partial charge on any atom is -0.465 e. The van der Waals surface area contributed by atoms with Crippen molar-refractivity contribution in [3.63, 3.8) is 0 Å². The Balaban J connectivity index is 1.67. The summed E-state index contributed by atoms with van der Waals surface area (Å²) >= 11 is 0. The predicted octanol–water partition coefficient (Wildman–Crippen LogP) is 1.52. The molecule has 0 spiro atoms. The number of fused-ring (bicyclic) bond motifs is 1. The van der Waals surface area contributed by atoms with Crippen LogP contribution in [0.1, 0.15) is 6.42 Å². The van der Waals surface area contributed by atoms with Gasteiger partial charge in [-0.05, 0) is 24.6 Å². The molecule has 10 nitrogen and oxygen atoms in total. The number of anilines is 1. The molecular formula is C17H17FN6O4S. The Labute approximate surface area is 164 Å². The molecule has 3 heterocycles. The van der Waals surface area contributed by atoms with Crippen LogP contribution in [0.4, 0.5) is 15.0 Å². The van der Waals surface area contributed by atoms with Crippen molar-refractivity contribution in [3.05, 3.63) is 36.5 Å². The van der Waals surface area contributed by atoms with Gasteiger partial charge in [-0.2, -0.15) is 5.10 Å². The van der Waals surface area contributed by atoms with Gasteiger partial charge in [0.2, 0.25) is 0 Å². The molecule has 2 aromatic heterocycles. The molecule has 152 valence electrons. The number of halogens is 1. The first-order valence-electron chi connectivity index (χ1n) is 8.67. The average Bonchev–Trinajstić information content (AvgIpc) is 3.29. The van der Waals surface area contributed by atoms with Crippen LogP contribution >= 0.6 is 0 Å². The highest BCUT2D eigenvalue weighted by molar-refractivity contribution is 7.90. The zero-order valence-electron chi connectivity index (χ0n) is 15.3. The first-order valence-corrected chi connectivity index (χ1v) is 10.6. The van der Waals surface area contributed by atoms with E-state index in [1.165, 1.54) is 34.2 Å². The van der Waals surface area contributed by atoms with Gasteiger partial charge >= 0.3 is 6.09 Å². The number of benzene rings is 1. The number of carbonyl (C=O) groups is 1. The summed E-state index contributed by atoms with van der Waals surface area (Å²) in [5, 5.41) is 17.0. The Hall–Kier alpha value is -3.28. The summed E-state index contributed by atoms with van der Waals surface area (Å²) in [4.78, 5) is 20.6. The van der Waals surface area contributed by atoms with E-state index in [0.29, 0.717) is 36.4 Å². The van der Waals surface area contributed by atoms with Gasteiger partial charge in [0, 0.05) is 25.4 Å². The summed E-state index contributed by atoms with van der Waals surface area (Å²) in [6.45, 7) is 0.759. The third-order valence-electron chi connectivity index (χ3n) is 4.74. The quantitative estimate of drug-likeness (QED) is 0.650. The van der Waals surface area contributed by atoms with Crippen LogP contribution in [0.3, 0.4) is 0 Å². The molecule has 1 saturated heterocycles. The van der Waals surface area contributed by atoms with E-state index in [4.69, 9.17) is 5.11 Å². The first kappa shape index (κ1) is 19.1. The minimum absolute atomic E-state index is 0.0509. The number of nitrogens with zero attached hydrogens (tertiary/aromatic N) is 5. The third-order valence-corrected chi connectivity index (χ3v) is 5.85. The monoisotopic (exact) mass is 420 g/mol. The number of aromatic nitrogens is 4. The van der Waals surface area contributed by atoms with Gasteiger partial charge in [0.1, 0.15) is 23.6 Å². The fourth-order valence-electron chi connectivity index (χ4n) is 3.27. The maximum atomic E-state index is 14.6. The summed E-state index contributed by atoms with van der Waals surface area (Å²) in [6, 6.07) is 3.46. The Bertz CT molecular complexity index is 1210. The van der Waals surface area contributed by atoms with E-state index in [1.54, 1.807) is 0 Å². The zero-order valence-corrected chi connectivity index (χ0v) is 16.1. The minimum atomic E-state index is -3.54. The van der Waals surface area contributed by atoms with Crippen molar-refractivity contribution >= 4 is 32.8 Å². The lowest BCUT2D eigenvalue weighted by Crippen LogP contribution is -2.30. The summed E-state index contributed by atoms with van der Waals surface area (Å²) in [6.07, 6.45) is 3.45. The first-order chi connectivity index (χ1) is 13.7.